The molecule has 0 N–H and O–H groups in total. The van der Waals surface area contributed by atoms with Crippen molar-refractivity contribution in [2.24, 2.45) is 0 Å². The Balaban J connectivity index is 2.16. The Bertz CT molecular complexity index is 448. The molecule has 0 aromatic heterocycles. The summed E-state index contributed by atoms with van der Waals surface area (Å²) in [5, 5.41) is 0. The van der Waals surface area contributed by atoms with Crippen molar-refractivity contribution in [3.05, 3.63) is 35.4 Å². The van der Waals surface area contributed by atoms with Crippen LogP contribution in [0.5, 0.6) is 0 Å². The smallest absolute Gasteiger partial charge is 0.253 e. The number of benzene rings is 1. The van der Waals surface area contributed by atoms with Gasteiger partial charge in [0.05, 0.1) is 0 Å². The Morgan fingerprint density at radius 2 is 1.83 bits per heavy atom. The number of carbonyl (C=O) groups excluding carboxylic acids is 2. The van der Waals surface area contributed by atoms with Crippen molar-refractivity contribution in [2.75, 3.05) is 13.1 Å². The highest BCUT2D eigenvalue weighted by Crippen LogP contribution is 2.15. The quantitative estimate of drug-likeness (QED) is 0.765. The van der Waals surface area contributed by atoms with Crippen molar-refractivity contribution >= 4 is 11.7 Å². The molecule has 0 spiro atoms. The summed E-state index contributed by atoms with van der Waals surface area (Å²) in [6.45, 7) is 3.66. The van der Waals surface area contributed by atoms with E-state index < -0.39 is 0 Å². The van der Waals surface area contributed by atoms with Gasteiger partial charge in [-0.15, -0.1) is 0 Å². The predicted molar refractivity (Wildman–Crippen MR) is 70.8 cm³/mol. The highest BCUT2D eigenvalue weighted by atomic mass is 16.2. The van der Waals surface area contributed by atoms with Gasteiger partial charge < -0.3 is 4.90 Å². The summed E-state index contributed by atoms with van der Waals surface area (Å²) in [5.41, 5.74) is 1.29. The first-order valence-electron chi connectivity index (χ1n) is 6.65. The lowest BCUT2D eigenvalue weighted by Crippen LogP contribution is -2.27. The number of hydrogen-bond donors (Lipinski definition) is 0. The second kappa shape index (κ2) is 5.80. The average Bonchev–Trinajstić information content (AvgIpc) is 2.92. The van der Waals surface area contributed by atoms with Gasteiger partial charge in [-0.25, -0.2) is 0 Å². The van der Waals surface area contributed by atoms with E-state index in [9.17, 15) is 9.59 Å². The molecular formula is C15H19NO2. The Morgan fingerprint density at radius 3 is 2.50 bits per heavy atom. The number of amides is 1. The van der Waals surface area contributed by atoms with Crippen molar-refractivity contribution in [1.82, 2.24) is 4.90 Å². The molecule has 1 heterocycles. The van der Waals surface area contributed by atoms with Gasteiger partial charge >= 0.3 is 0 Å². The molecule has 1 aliphatic heterocycles. The van der Waals surface area contributed by atoms with Crippen molar-refractivity contribution in [3.63, 3.8) is 0 Å². The molecular weight excluding hydrogens is 226 g/mol. The largest absolute Gasteiger partial charge is 0.339 e. The second-order valence-corrected chi connectivity index (χ2v) is 4.75. The molecule has 3 nitrogen and oxygen atoms in total. The molecule has 0 bridgehead atoms. The first-order chi connectivity index (χ1) is 8.72. The van der Waals surface area contributed by atoms with E-state index in [0.717, 1.165) is 32.4 Å². The monoisotopic (exact) mass is 245 g/mol. The molecule has 96 valence electrons. The standard InChI is InChI=1S/C15H19NO2/c1-2-6-14(17)12-7-5-8-13(11-12)15(18)16-9-3-4-10-16/h5,7-8,11H,2-4,6,9-10H2,1H3. The minimum atomic E-state index is 0.0543. The summed E-state index contributed by atoms with van der Waals surface area (Å²) in [7, 11) is 0. The van der Waals surface area contributed by atoms with Gasteiger partial charge in [0.2, 0.25) is 0 Å². The van der Waals surface area contributed by atoms with E-state index >= 15 is 0 Å². The Morgan fingerprint density at radius 1 is 1.17 bits per heavy atom. The molecule has 0 unspecified atom stereocenters. The highest BCUT2D eigenvalue weighted by Gasteiger charge is 2.19. The zero-order chi connectivity index (χ0) is 13.0. The van der Waals surface area contributed by atoms with Gasteiger partial charge in [-0.2, -0.15) is 0 Å². The molecule has 18 heavy (non-hydrogen) atoms. The fourth-order valence-corrected chi connectivity index (χ4v) is 2.30. The number of Topliss-reactive ketones (excluding diaryl/α,β-unsaturated/α-hetero) is 1. The van der Waals surface area contributed by atoms with E-state index in [4.69, 9.17) is 0 Å². The lowest BCUT2D eigenvalue weighted by Gasteiger charge is -2.15. The van der Waals surface area contributed by atoms with Gasteiger partial charge in [-0.05, 0) is 31.4 Å². The van der Waals surface area contributed by atoms with Crippen LogP contribution in [0.1, 0.15) is 53.3 Å². The van der Waals surface area contributed by atoms with Crippen LogP contribution in [0, 0.1) is 0 Å². The number of likely N-dealkylation sites (tertiary alicyclic amines) is 1. The van der Waals surface area contributed by atoms with Gasteiger partial charge in [-0.3, -0.25) is 9.59 Å². The lowest BCUT2D eigenvalue weighted by molar-refractivity contribution is 0.0793. The molecule has 1 fully saturated rings. The molecule has 0 aliphatic carbocycles. The third-order valence-corrected chi connectivity index (χ3v) is 3.30. The fraction of sp³-hybridized carbons (Fsp3) is 0.467. The zero-order valence-corrected chi connectivity index (χ0v) is 10.8. The van der Waals surface area contributed by atoms with Crippen LogP contribution in [0.15, 0.2) is 24.3 Å². The lowest BCUT2D eigenvalue weighted by atomic mass is 10.0. The normalized spacial score (nSPS) is 14.8. The van der Waals surface area contributed by atoms with Crippen molar-refractivity contribution in [3.8, 4) is 0 Å². The maximum Gasteiger partial charge on any atom is 0.253 e. The van der Waals surface area contributed by atoms with Crippen LogP contribution in [0.25, 0.3) is 0 Å². The first kappa shape index (κ1) is 12.8. The van der Waals surface area contributed by atoms with Gasteiger partial charge in [-0.1, -0.05) is 19.1 Å². The van der Waals surface area contributed by atoms with Crippen LogP contribution in [-0.4, -0.2) is 29.7 Å². The molecule has 1 aromatic rings. The third-order valence-electron chi connectivity index (χ3n) is 3.30. The minimum absolute atomic E-state index is 0.0543. The Labute approximate surface area is 108 Å². The third kappa shape index (κ3) is 2.78. The summed E-state index contributed by atoms with van der Waals surface area (Å²) in [4.78, 5) is 25.9. The number of hydrogen-bond acceptors (Lipinski definition) is 2. The molecule has 0 atom stereocenters. The van der Waals surface area contributed by atoms with E-state index in [1.165, 1.54) is 0 Å². The van der Waals surface area contributed by atoms with Crippen LogP contribution in [0.3, 0.4) is 0 Å². The summed E-state index contributed by atoms with van der Waals surface area (Å²) in [6, 6.07) is 7.12. The summed E-state index contributed by atoms with van der Waals surface area (Å²) >= 11 is 0. The van der Waals surface area contributed by atoms with Crippen molar-refractivity contribution < 1.29 is 9.59 Å². The minimum Gasteiger partial charge on any atom is -0.339 e. The number of nitrogens with zero attached hydrogens (tertiary/aromatic N) is 1. The zero-order valence-electron chi connectivity index (χ0n) is 10.8. The molecule has 3 heteroatoms. The maximum atomic E-state index is 12.2. The summed E-state index contributed by atoms with van der Waals surface area (Å²) < 4.78 is 0. The number of rotatable bonds is 4. The number of ketones is 1. The van der Waals surface area contributed by atoms with Gasteiger partial charge in [0.25, 0.3) is 5.91 Å². The van der Waals surface area contributed by atoms with Crippen LogP contribution >= 0.6 is 0 Å². The van der Waals surface area contributed by atoms with Gasteiger partial charge in [0.1, 0.15) is 0 Å². The SMILES string of the molecule is CCCC(=O)c1cccc(C(=O)N2CCCC2)c1. The van der Waals surface area contributed by atoms with Gasteiger partial charge in [0.15, 0.2) is 5.78 Å². The Kier molecular flexibility index (Phi) is 4.13. The van der Waals surface area contributed by atoms with Crippen LogP contribution < -0.4 is 0 Å². The maximum absolute atomic E-state index is 12.2. The summed E-state index contributed by atoms with van der Waals surface area (Å²) in [5.74, 6) is 0.173. The van der Waals surface area contributed by atoms with E-state index in [0.29, 0.717) is 17.5 Å². The molecule has 2 rings (SSSR count). The predicted octanol–water partition coefficient (Wildman–Crippen LogP) is 2.91. The fourth-order valence-electron chi connectivity index (χ4n) is 2.30. The van der Waals surface area contributed by atoms with Crippen LogP contribution in [0.2, 0.25) is 0 Å². The van der Waals surface area contributed by atoms with E-state index in [-0.39, 0.29) is 11.7 Å². The van der Waals surface area contributed by atoms with E-state index in [2.05, 4.69) is 0 Å². The second-order valence-electron chi connectivity index (χ2n) is 4.75. The molecule has 1 saturated heterocycles. The topological polar surface area (TPSA) is 37.4 Å². The molecule has 1 aliphatic rings. The first-order valence-corrected chi connectivity index (χ1v) is 6.65. The van der Waals surface area contributed by atoms with Crippen LogP contribution in [-0.2, 0) is 0 Å². The molecule has 1 aromatic carbocycles. The van der Waals surface area contributed by atoms with Gasteiger partial charge in [0, 0.05) is 30.6 Å². The molecule has 0 radical (unpaired) electrons. The molecule has 0 saturated carbocycles. The number of carbonyl (C=O) groups is 2. The average molecular weight is 245 g/mol. The highest BCUT2D eigenvalue weighted by molar-refractivity contribution is 6.00. The van der Waals surface area contributed by atoms with Crippen LogP contribution in [0.4, 0.5) is 0 Å². The molecule has 1 amide bonds. The van der Waals surface area contributed by atoms with E-state index in [1.54, 1.807) is 24.3 Å². The van der Waals surface area contributed by atoms with Crippen molar-refractivity contribution in [2.45, 2.75) is 32.6 Å². The van der Waals surface area contributed by atoms with Crippen molar-refractivity contribution in [1.29, 1.82) is 0 Å². The van der Waals surface area contributed by atoms with E-state index in [1.807, 2.05) is 11.8 Å². The summed E-state index contributed by atoms with van der Waals surface area (Å²) in [6.07, 6.45) is 3.55. The Hall–Kier alpha value is -1.64.